The number of carbonyl (C=O) groups is 1. The molecule has 7 rings (SSSR count). The number of phenols is 3. The monoisotopic (exact) mass is 616 g/mol. The van der Waals surface area contributed by atoms with Crippen LogP contribution in [0.3, 0.4) is 0 Å². The maximum absolute atomic E-state index is 10.8. The first-order chi connectivity index (χ1) is 21.2. The summed E-state index contributed by atoms with van der Waals surface area (Å²) in [5.41, 5.74) is 2.24. The highest BCUT2D eigenvalue weighted by molar-refractivity contribution is 7.16. The molecule has 0 aliphatic heterocycles. The third kappa shape index (κ3) is 10.1. The number of fused-ring (bicyclic) bond motifs is 2. The van der Waals surface area contributed by atoms with Crippen LogP contribution >= 0.6 is 11.3 Å². The molecule has 0 fully saturated rings. The minimum absolute atomic E-state index is 0.0764. The Morgan fingerprint density at radius 1 is 0.773 bits per heavy atom. The van der Waals surface area contributed by atoms with Gasteiger partial charge in [0.2, 0.25) is 5.78 Å². The van der Waals surface area contributed by atoms with Crippen molar-refractivity contribution in [3.8, 4) is 17.2 Å². The van der Waals surface area contributed by atoms with E-state index < -0.39 is 5.56 Å². The van der Waals surface area contributed by atoms with E-state index in [1.165, 1.54) is 36.5 Å². The van der Waals surface area contributed by atoms with Crippen LogP contribution in [0.25, 0.3) is 21.3 Å². The van der Waals surface area contributed by atoms with Gasteiger partial charge in [-0.1, -0.05) is 53.8 Å². The Kier molecular flexibility index (Phi) is 12.1. The van der Waals surface area contributed by atoms with Crippen molar-refractivity contribution in [3.63, 3.8) is 0 Å². The van der Waals surface area contributed by atoms with Crippen molar-refractivity contribution < 1.29 is 30.4 Å². The SMILES string of the molecule is O=C1C=CCC=C1O.O=c1[nH]c2c(O)cccc2s1.O=c1ccccn1O.Oc1ccccc1O.c1ccc2[nH]cnc2c1. The van der Waals surface area contributed by atoms with E-state index in [0.717, 1.165) is 27.1 Å². The molecular weight excluding hydrogens is 588 g/mol. The van der Waals surface area contributed by atoms with Crippen LogP contribution in [0.1, 0.15) is 6.42 Å². The van der Waals surface area contributed by atoms with E-state index >= 15 is 0 Å². The number of aliphatic hydroxyl groups is 1. The van der Waals surface area contributed by atoms with Gasteiger partial charge in [0, 0.05) is 12.3 Å². The van der Waals surface area contributed by atoms with Crippen molar-refractivity contribution in [2.45, 2.75) is 6.42 Å². The standard InChI is InChI=1S/C7H6N2.C7H5NO2S.2C6H6O2.C5H5NO2/c1-2-4-7-6(3-1)8-5-9-7;9-4-2-1-3-5-6(4)8-7(10)11-5;3*7-5-3-1-2-4-6(5)8/h1-5H,(H,8,9);1-3,9H,(H,8,10);1,3-4,8H,2H2;1-4,7-8H;1-4,8H. The Morgan fingerprint density at radius 3 is 1.98 bits per heavy atom. The number of benzene rings is 3. The number of nitrogens with one attached hydrogen (secondary N) is 2. The number of hydrogen-bond donors (Lipinski definition) is 7. The number of para-hydroxylation sites is 5. The number of H-pyrrole nitrogens is 2. The van der Waals surface area contributed by atoms with E-state index in [2.05, 4.69) is 15.0 Å². The summed E-state index contributed by atoms with van der Waals surface area (Å²) in [5.74, 6) is -0.454. The predicted octanol–water partition coefficient (Wildman–Crippen LogP) is 5.00. The van der Waals surface area contributed by atoms with Gasteiger partial charge in [0.05, 0.1) is 22.1 Å². The number of rotatable bonds is 0. The lowest BCUT2D eigenvalue weighted by molar-refractivity contribution is -0.113. The Labute approximate surface area is 253 Å². The maximum atomic E-state index is 10.8. The van der Waals surface area contributed by atoms with Crippen molar-refractivity contribution in [3.05, 3.63) is 141 Å². The fourth-order valence-electron chi connectivity index (χ4n) is 3.26. The minimum atomic E-state index is -0.410. The minimum Gasteiger partial charge on any atom is -0.506 e. The highest BCUT2D eigenvalue weighted by Gasteiger charge is 2.04. The smallest absolute Gasteiger partial charge is 0.305 e. The number of aromatic nitrogens is 4. The summed E-state index contributed by atoms with van der Waals surface area (Å²) in [6.07, 6.45) is 8.21. The second-order valence-corrected chi connectivity index (χ2v) is 9.56. The number of carbonyl (C=O) groups excluding carboxylic acids is 1. The van der Waals surface area contributed by atoms with Crippen LogP contribution < -0.4 is 10.4 Å². The molecule has 0 atom stereocenters. The summed E-state index contributed by atoms with van der Waals surface area (Å²) in [6, 6.07) is 23.5. The molecule has 0 amide bonds. The number of nitrogens with zero attached hydrogens (tertiary/aromatic N) is 2. The van der Waals surface area contributed by atoms with E-state index in [4.69, 9.17) is 20.5 Å². The summed E-state index contributed by atoms with van der Waals surface area (Å²) < 4.78 is 1.31. The molecule has 13 heteroatoms. The van der Waals surface area contributed by atoms with Crippen LogP contribution in [0.4, 0.5) is 0 Å². The first-order valence-corrected chi connectivity index (χ1v) is 13.6. The molecule has 6 aromatic rings. The normalized spacial score (nSPS) is 11.4. The molecule has 0 saturated heterocycles. The van der Waals surface area contributed by atoms with Crippen molar-refractivity contribution in [1.82, 2.24) is 19.7 Å². The van der Waals surface area contributed by atoms with Crippen LogP contribution in [-0.2, 0) is 4.79 Å². The number of phenolic OH excluding ortho intramolecular Hbond substituents is 3. The van der Waals surface area contributed by atoms with Crippen molar-refractivity contribution in [1.29, 1.82) is 0 Å². The molecule has 3 heterocycles. The molecule has 1 aliphatic carbocycles. The zero-order valence-electron chi connectivity index (χ0n) is 22.9. The van der Waals surface area contributed by atoms with E-state index in [-0.39, 0.29) is 33.7 Å². The lowest BCUT2D eigenvalue weighted by Crippen LogP contribution is -2.13. The van der Waals surface area contributed by atoms with E-state index in [9.17, 15) is 19.5 Å². The van der Waals surface area contributed by atoms with Gasteiger partial charge in [-0.3, -0.25) is 14.4 Å². The van der Waals surface area contributed by atoms with Crippen LogP contribution in [0.2, 0.25) is 0 Å². The fourth-order valence-corrected chi connectivity index (χ4v) is 4.02. The number of imidazole rings is 1. The van der Waals surface area contributed by atoms with Gasteiger partial charge >= 0.3 is 4.87 Å². The van der Waals surface area contributed by atoms with Gasteiger partial charge in [-0.2, -0.15) is 4.73 Å². The third-order valence-electron chi connectivity index (χ3n) is 5.42. The van der Waals surface area contributed by atoms with Crippen molar-refractivity contribution >= 4 is 38.4 Å². The summed E-state index contributed by atoms with van der Waals surface area (Å²) in [6.45, 7) is 0. The number of ketones is 1. The molecule has 0 unspecified atom stereocenters. The summed E-state index contributed by atoms with van der Waals surface area (Å²) >= 11 is 1.10. The molecule has 44 heavy (non-hydrogen) atoms. The molecule has 7 N–H and O–H groups in total. The zero-order valence-corrected chi connectivity index (χ0v) is 23.8. The van der Waals surface area contributed by atoms with Gasteiger partial charge < -0.3 is 35.6 Å². The zero-order chi connectivity index (χ0) is 31.9. The lowest BCUT2D eigenvalue weighted by atomic mass is 10.2. The Morgan fingerprint density at radius 2 is 1.43 bits per heavy atom. The quantitative estimate of drug-likeness (QED) is 0.0905. The molecule has 12 nitrogen and oxygen atoms in total. The van der Waals surface area contributed by atoms with Gasteiger partial charge in [0.1, 0.15) is 11.3 Å². The van der Waals surface area contributed by atoms with Gasteiger partial charge in [0.25, 0.3) is 5.56 Å². The fraction of sp³-hybridized carbons (Fsp3) is 0.0323. The lowest BCUT2D eigenvalue weighted by Gasteiger charge is -1.96. The second-order valence-electron chi connectivity index (χ2n) is 8.55. The number of hydrogen-bond acceptors (Lipinski definition) is 10. The summed E-state index contributed by atoms with van der Waals surface area (Å²) in [5, 5.41) is 43.7. The van der Waals surface area contributed by atoms with Crippen molar-refractivity contribution in [2.24, 2.45) is 0 Å². The van der Waals surface area contributed by atoms with Crippen LogP contribution in [-0.4, -0.2) is 51.1 Å². The van der Waals surface area contributed by atoms with Gasteiger partial charge in [-0.15, -0.1) is 0 Å². The molecule has 226 valence electrons. The molecule has 3 aromatic heterocycles. The number of aromatic hydroxyl groups is 3. The first kappa shape index (κ1) is 32.4. The summed E-state index contributed by atoms with van der Waals surface area (Å²) in [7, 11) is 0. The van der Waals surface area contributed by atoms with Gasteiger partial charge in [-0.25, -0.2) is 4.98 Å². The van der Waals surface area contributed by atoms with E-state index in [1.807, 2.05) is 24.3 Å². The highest BCUT2D eigenvalue weighted by atomic mass is 32.1. The molecule has 0 bridgehead atoms. The van der Waals surface area contributed by atoms with E-state index in [0.29, 0.717) is 16.7 Å². The Balaban J connectivity index is 0.000000151. The van der Waals surface area contributed by atoms with Crippen molar-refractivity contribution in [2.75, 3.05) is 0 Å². The molecule has 0 saturated carbocycles. The molecular formula is C31H28N4O8S. The number of allylic oxidation sites excluding steroid dienone is 3. The molecule has 3 aromatic carbocycles. The Bertz CT molecular complexity index is 1940. The van der Waals surface area contributed by atoms with Crippen LogP contribution in [0, 0.1) is 0 Å². The topological polar surface area (TPSA) is 202 Å². The van der Waals surface area contributed by atoms with Crippen LogP contribution in [0.15, 0.2) is 131 Å². The predicted molar refractivity (Wildman–Crippen MR) is 167 cm³/mol. The molecule has 0 spiro atoms. The molecule has 1 aliphatic rings. The van der Waals surface area contributed by atoms with Gasteiger partial charge in [-0.05, 0) is 61.0 Å². The van der Waals surface area contributed by atoms with E-state index in [1.54, 1.807) is 54.9 Å². The molecule has 0 radical (unpaired) electrons. The summed E-state index contributed by atoms with van der Waals surface area (Å²) in [4.78, 5) is 41.0. The number of aromatic amines is 2. The average molecular weight is 617 g/mol. The third-order valence-corrected chi connectivity index (χ3v) is 6.26. The number of thiazole rings is 1. The Hall–Kier alpha value is -6.08. The van der Waals surface area contributed by atoms with Crippen LogP contribution in [0.5, 0.6) is 17.2 Å². The second kappa shape index (κ2) is 16.4. The number of aliphatic hydroxyl groups excluding tert-OH is 1. The van der Waals surface area contributed by atoms with Gasteiger partial charge in [0.15, 0.2) is 17.3 Å². The highest BCUT2D eigenvalue weighted by Crippen LogP contribution is 2.23. The first-order valence-electron chi connectivity index (χ1n) is 12.8. The maximum Gasteiger partial charge on any atom is 0.305 e. The average Bonchev–Trinajstić information content (AvgIpc) is 3.66. The number of pyridine rings is 1. The largest absolute Gasteiger partial charge is 0.506 e.